The number of hydrogen-bond acceptors (Lipinski definition) is 4. The van der Waals surface area contributed by atoms with Gasteiger partial charge in [0.2, 0.25) is 0 Å². The number of nitriles is 1. The molecule has 0 bridgehead atoms. The van der Waals surface area contributed by atoms with Gasteiger partial charge in [-0.15, -0.1) is 0 Å². The molecule has 1 unspecified atom stereocenters. The molecule has 1 aromatic heterocycles. The molecule has 1 aromatic carbocycles. The van der Waals surface area contributed by atoms with Crippen LogP contribution in [0.4, 0.5) is 0 Å². The summed E-state index contributed by atoms with van der Waals surface area (Å²) < 4.78 is 1.63. The number of aromatic nitrogens is 2. The third-order valence-corrected chi connectivity index (χ3v) is 4.99. The number of rotatable bonds is 4. The van der Waals surface area contributed by atoms with Crippen LogP contribution in [0.2, 0.25) is 0 Å². The summed E-state index contributed by atoms with van der Waals surface area (Å²) >= 11 is 0. The van der Waals surface area contributed by atoms with Crippen molar-refractivity contribution in [1.29, 1.82) is 5.26 Å². The van der Waals surface area contributed by atoms with Gasteiger partial charge < -0.3 is 0 Å². The maximum Gasteiger partial charge on any atom is 0.266 e. The predicted octanol–water partition coefficient (Wildman–Crippen LogP) is 3.08. The molecule has 26 heavy (non-hydrogen) atoms. The van der Waals surface area contributed by atoms with E-state index in [1.54, 1.807) is 10.7 Å². The Morgan fingerprint density at radius 2 is 1.92 bits per heavy atom. The Labute approximate surface area is 154 Å². The van der Waals surface area contributed by atoms with E-state index in [1.807, 2.05) is 30.3 Å². The standard InChI is InChI=1S/C21H26N4O/c1-21(2,3)19-10-11-20(26)25(23-19)15-18-5-4-12-24(18)14-17-8-6-16(13-22)7-9-17/h6-11,18H,4-5,12,14-15H2,1-3H3. The van der Waals surface area contributed by atoms with Gasteiger partial charge in [-0.2, -0.15) is 10.4 Å². The molecule has 0 spiro atoms. The van der Waals surface area contributed by atoms with Crippen molar-refractivity contribution < 1.29 is 0 Å². The van der Waals surface area contributed by atoms with Crippen molar-refractivity contribution in [2.24, 2.45) is 0 Å². The van der Waals surface area contributed by atoms with Gasteiger partial charge in [0.15, 0.2) is 0 Å². The highest BCUT2D eigenvalue weighted by atomic mass is 16.1. The van der Waals surface area contributed by atoms with Crippen molar-refractivity contribution in [1.82, 2.24) is 14.7 Å². The van der Waals surface area contributed by atoms with Crippen LogP contribution in [0, 0.1) is 11.3 Å². The highest BCUT2D eigenvalue weighted by Gasteiger charge is 2.26. The highest BCUT2D eigenvalue weighted by Crippen LogP contribution is 2.22. The van der Waals surface area contributed by atoms with E-state index in [2.05, 4.69) is 36.8 Å². The number of benzene rings is 1. The molecule has 1 fully saturated rings. The summed E-state index contributed by atoms with van der Waals surface area (Å²) in [5.41, 5.74) is 2.70. The molecule has 0 N–H and O–H groups in total. The predicted molar refractivity (Wildman–Crippen MR) is 102 cm³/mol. The Morgan fingerprint density at radius 3 is 2.58 bits per heavy atom. The largest absolute Gasteiger partial charge is 0.294 e. The van der Waals surface area contributed by atoms with Crippen molar-refractivity contribution in [2.75, 3.05) is 6.54 Å². The Balaban J connectivity index is 1.74. The second kappa shape index (κ2) is 7.43. The molecule has 0 aliphatic carbocycles. The van der Waals surface area contributed by atoms with Gasteiger partial charge >= 0.3 is 0 Å². The molecule has 0 saturated carbocycles. The fourth-order valence-corrected chi connectivity index (χ4v) is 3.41. The first-order valence-electron chi connectivity index (χ1n) is 9.18. The molecule has 1 aliphatic heterocycles. The summed E-state index contributed by atoms with van der Waals surface area (Å²) in [4.78, 5) is 14.7. The van der Waals surface area contributed by atoms with Gasteiger partial charge in [-0.05, 0) is 43.1 Å². The van der Waals surface area contributed by atoms with Crippen LogP contribution in [0.5, 0.6) is 0 Å². The van der Waals surface area contributed by atoms with E-state index < -0.39 is 0 Å². The fraction of sp³-hybridized carbons (Fsp3) is 0.476. The van der Waals surface area contributed by atoms with Gasteiger partial charge in [0.1, 0.15) is 0 Å². The molecule has 2 aromatic rings. The van der Waals surface area contributed by atoms with Crippen LogP contribution in [-0.4, -0.2) is 27.3 Å². The Kier molecular flexibility index (Phi) is 5.24. The summed E-state index contributed by atoms with van der Waals surface area (Å²) in [6, 6.07) is 13.7. The average molecular weight is 350 g/mol. The topological polar surface area (TPSA) is 61.9 Å². The van der Waals surface area contributed by atoms with E-state index in [0.717, 1.165) is 31.6 Å². The van der Waals surface area contributed by atoms with Gasteiger partial charge in [-0.3, -0.25) is 9.69 Å². The van der Waals surface area contributed by atoms with Crippen LogP contribution < -0.4 is 5.56 Å². The summed E-state index contributed by atoms with van der Waals surface area (Å²) in [6.07, 6.45) is 2.21. The maximum absolute atomic E-state index is 12.3. The second-order valence-corrected chi connectivity index (χ2v) is 8.06. The molecule has 0 amide bonds. The molecule has 2 heterocycles. The van der Waals surface area contributed by atoms with Crippen molar-refractivity contribution in [2.45, 2.75) is 58.2 Å². The van der Waals surface area contributed by atoms with E-state index in [0.29, 0.717) is 18.2 Å². The zero-order valence-electron chi connectivity index (χ0n) is 15.8. The molecule has 0 radical (unpaired) electrons. The van der Waals surface area contributed by atoms with E-state index in [4.69, 9.17) is 5.26 Å². The van der Waals surface area contributed by atoms with Crippen LogP contribution in [-0.2, 0) is 18.5 Å². The van der Waals surface area contributed by atoms with Gasteiger partial charge in [-0.25, -0.2) is 4.68 Å². The summed E-state index contributed by atoms with van der Waals surface area (Å²) in [5.74, 6) is 0. The van der Waals surface area contributed by atoms with Crippen molar-refractivity contribution >= 4 is 0 Å². The molecule has 136 valence electrons. The summed E-state index contributed by atoms with van der Waals surface area (Å²) in [7, 11) is 0. The fourth-order valence-electron chi connectivity index (χ4n) is 3.41. The minimum Gasteiger partial charge on any atom is -0.294 e. The van der Waals surface area contributed by atoms with Gasteiger partial charge in [-0.1, -0.05) is 32.9 Å². The van der Waals surface area contributed by atoms with E-state index in [9.17, 15) is 4.79 Å². The van der Waals surface area contributed by atoms with Crippen LogP contribution in [0.1, 0.15) is 50.4 Å². The van der Waals surface area contributed by atoms with Gasteiger partial charge in [0.05, 0.1) is 23.9 Å². The number of nitrogens with zero attached hydrogens (tertiary/aromatic N) is 4. The first kappa shape index (κ1) is 18.3. The number of hydrogen-bond donors (Lipinski definition) is 0. The molecule has 3 rings (SSSR count). The lowest BCUT2D eigenvalue weighted by atomic mass is 9.92. The minimum atomic E-state index is -0.0761. The van der Waals surface area contributed by atoms with Gasteiger partial charge in [0.25, 0.3) is 5.56 Å². The van der Waals surface area contributed by atoms with Crippen LogP contribution in [0.15, 0.2) is 41.2 Å². The third kappa shape index (κ3) is 4.20. The lowest BCUT2D eigenvalue weighted by molar-refractivity contribution is 0.215. The van der Waals surface area contributed by atoms with Crippen molar-refractivity contribution in [3.05, 3.63) is 63.6 Å². The van der Waals surface area contributed by atoms with E-state index in [-0.39, 0.29) is 11.0 Å². The van der Waals surface area contributed by atoms with Crippen molar-refractivity contribution in [3.63, 3.8) is 0 Å². The lowest BCUT2D eigenvalue weighted by Crippen LogP contribution is -2.37. The average Bonchev–Trinajstić information content (AvgIpc) is 3.03. The first-order valence-corrected chi connectivity index (χ1v) is 9.18. The monoisotopic (exact) mass is 350 g/mol. The Morgan fingerprint density at radius 1 is 1.19 bits per heavy atom. The van der Waals surface area contributed by atoms with E-state index in [1.165, 1.54) is 5.56 Å². The van der Waals surface area contributed by atoms with Crippen LogP contribution >= 0.6 is 0 Å². The zero-order valence-corrected chi connectivity index (χ0v) is 15.8. The normalized spacial score (nSPS) is 18.0. The number of likely N-dealkylation sites (tertiary alicyclic amines) is 1. The molecular formula is C21H26N4O. The minimum absolute atomic E-state index is 0.0387. The first-order chi connectivity index (χ1) is 12.4. The third-order valence-electron chi connectivity index (χ3n) is 4.99. The molecule has 5 heteroatoms. The molecule has 1 saturated heterocycles. The van der Waals surface area contributed by atoms with E-state index >= 15 is 0 Å². The highest BCUT2D eigenvalue weighted by molar-refractivity contribution is 5.31. The van der Waals surface area contributed by atoms with Gasteiger partial charge in [0, 0.05) is 24.1 Å². The van der Waals surface area contributed by atoms with Crippen LogP contribution in [0.3, 0.4) is 0 Å². The quantitative estimate of drug-likeness (QED) is 0.850. The maximum atomic E-state index is 12.3. The Hall–Kier alpha value is -2.45. The molecule has 1 atom stereocenters. The molecule has 1 aliphatic rings. The second-order valence-electron chi connectivity index (χ2n) is 8.06. The SMILES string of the molecule is CC(C)(C)c1ccc(=O)n(CC2CCCN2Cc2ccc(C#N)cc2)n1. The molecule has 5 nitrogen and oxygen atoms in total. The summed E-state index contributed by atoms with van der Waals surface area (Å²) in [6.45, 7) is 8.81. The smallest absolute Gasteiger partial charge is 0.266 e. The molecular weight excluding hydrogens is 324 g/mol. The van der Waals surface area contributed by atoms with Crippen molar-refractivity contribution in [3.8, 4) is 6.07 Å². The zero-order chi connectivity index (χ0) is 18.7. The van der Waals surface area contributed by atoms with Crippen LogP contribution in [0.25, 0.3) is 0 Å². The lowest BCUT2D eigenvalue weighted by Gasteiger charge is -2.25. The summed E-state index contributed by atoms with van der Waals surface area (Å²) in [5, 5.41) is 13.5. The Bertz CT molecular complexity index is 855.